The summed E-state index contributed by atoms with van der Waals surface area (Å²) in [6.07, 6.45) is 4.12. The molecule has 1 N–H and O–H groups in total. The van der Waals surface area contributed by atoms with Crippen LogP contribution in [0.3, 0.4) is 0 Å². The van der Waals surface area contributed by atoms with Crippen molar-refractivity contribution in [1.29, 1.82) is 0 Å². The van der Waals surface area contributed by atoms with Gasteiger partial charge in [0.2, 0.25) is 0 Å². The van der Waals surface area contributed by atoms with E-state index in [9.17, 15) is 9.59 Å². The van der Waals surface area contributed by atoms with Crippen LogP contribution < -0.4 is 10.9 Å². The van der Waals surface area contributed by atoms with Gasteiger partial charge in [0.05, 0.1) is 22.1 Å². The van der Waals surface area contributed by atoms with Crippen molar-refractivity contribution in [3.8, 4) is 22.5 Å². The van der Waals surface area contributed by atoms with Gasteiger partial charge < -0.3 is 9.88 Å². The molecule has 0 saturated carbocycles. The van der Waals surface area contributed by atoms with Crippen LogP contribution in [-0.2, 0) is 19.5 Å². The molecule has 1 aromatic carbocycles. The molecule has 8 nitrogen and oxygen atoms in total. The molecule has 0 radical (unpaired) electrons. The Bertz CT molecular complexity index is 1850. The number of pyridine rings is 2. The van der Waals surface area contributed by atoms with Crippen LogP contribution in [0.25, 0.3) is 22.5 Å². The molecule has 0 unspecified atom stereocenters. The number of thiophene rings is 1. The molecule has 0 fully saturated rings. The Kier molecular flexibility index (Phi) is 7.86. The monoisotopic (exact) mass is 598 g/mol. The van der Waals surface area contributed by atoms with Crippen LogP contribution in [0.5, 0.6) is 0 Å². The second-order valence-electron chi connectivity index (χ2n) is 9.13. The van der Waals surface area contributed by atoms with E-state index in [-0.39, 0.29) is 17.2 Å². The zero-order chi connectivity index (χ0) is 28.2. The lowest BCUT2D eigenvalue weighted by Crippen LogP contribution is -2.23. The zero-order valence-electron chi connectivity index (χ0n) is 21.6. The number of nitrogens with zero attached hydrogens (tertiary/aromatic N) is 5. The minimum atomic E-state index is -0.370. The molecule has 5 heterocycles. The van der Waals surface area contributed by atoms with E-state index in [1.54, 1.807) is 40.0 Å². The molecule has 0 aliphatic rings. The third-order valence-corrected chi connectivity index (χ3v) is 8.30. The molecule has 11 heteroatoms. The Morgan fingerprint density at radius 1 is 1.02 bits per heavy atom. The van der Waals surface area contributed by atoms with Gasteiger partial charge in [-0.3, -0.25) is 14.6 Å². The van der Waals surface area contributed by atoms with Crippen molar-refractivity contribution in [2.75, 3.05) is 5.32 Å². The largest absolute Gasteiger partial charge is 0.365 e. The summed E-state index contributed by atoms with van der Waals surface area (Å²) in [6, 6.07) is 22.7. The average molecular weight is 599 g/mol. The molecule has 0 saturated heterocycles. The molecule has 0 amide bonds. The Hall–Kier alpha value is -4.38. The molecule has 204 valence electrons. The molecule has 6 rings (SSSR count). The highest BCUT2D eigenvalue weighted by molar-refractivity contribution is 7.16. The van der Waals surface area contributed by atoms with Crippen molar-refractivity contribution in [1.82, 2.24) is 24.3 Å². The van der Waals surface area contributed by atoms with Crippen LogP contribution >= 0.6 is 34.3 Å². The van der Waals surface area contributed by atoms with Gasteiger partial charge in [-0.15, -0.1) is 22.7 Å². The Morgan fingerprint density at radius 2 is 1.90 bits per heavy atom. The number of rotatable bonds is 9. The topological polar surface area (TPSA) is 94.7 Å². The minimum absolute atomic E-state index is 0.160. The highest BCUT2D eigenvalue weighted by Gasteiger charge is 2.23. The number of carbonyl (C=O) groups is 1. The maximum absolute atomic E-state index is 13.5. The summed E-state index contributed by atoms with van der Waals surface area (Å²) < 4.78 is 3.72. The van der Waals surface area contributed by atoms with Gasteiger partial charge in [-0.1, -0.05) is 48.0 Å². The highest BCUT2D eigenvalue weighted by atomic mass is 35.5. The van der Waals surface area contributed by atoms with E-state index in [2.05, 4.69) is 15.3 Å². The summed E-state index contributed by atoms with van der Waals surface area (Å²) >= 11 is 8.93. The molecule has 41 heavy (non-hydrogen) atoms. The first-order valence-electron chi connectivity index (χ1n) is 12.8. The second kappa shape index (κ2) is 12.0. The van der Waals surface area contributed by atoms with E-state index < -0.39 is 0 Å². The predicted molar refractivity (Wildman–Crippen MR) is 164 cm³/mol. The molecule has 5 aromatic heterocycles. The number of hydrogen-bond donors (Lipinski definition) is 1. The average Bonchev–Trinajstić information content (AvgIpc) is 3.77. The first-order valence-corrected chi connectivity index (χ1v) is 14.9. The summed E-state index contributed by atoms with van der Waals surface area (Å²) in [7, 11) is 0. The van der Waals surface area contributed by atoms with E-state index in [1.165, 1.54) is 27.4 Å². The standard InChI is InChI=1S/C30H23ClN6O2S2/c31-26-10-8-22(41-26)17-33-27-15-24(35-37(27)30(39)25-18-40-19-34-25)29-23(21-6-2-1-3-7-21)9-11-28(38)36(29)14-12-20-5-4-13-32-16-20/h1-11,13,15-16,18-19,33H,12,14,17H2. The Balaban J connectivity index is 1.48. The third kappa shape index (κ3) is 5.90. The van der Waals surface area contributed by atoms with Crippen molar-refractivity contribution < 1.29 is 4.79 Å². The van der Waals surface area contributed by atoms with E-state index >= 15 is 0 Å². The fourth-order valence-electron chi connectivity index (χ4n) is 4.54. The van der Waals surface area contributed by atoms with E-state index in [0.29, 0.717) is 41.1 Å². The van der Waals surface area contributed by atoms with Crippen LogP contribution in [0.2, 0.25) is 4.34 Å². The van der Waals surface area contributed by atoms with Gasteiger partial charge in [0.25, 0.3) is 11.5 Å². The van der Waals surface area contributed by atoms with Crippen molar-refractivity contribution in [2.45, 2.75) is 19.5 Å². The van der Waals surface area contributed by atoms with Gasteiger partial charge >= 0.3 is 0 Å². The van der Waals surface area contributed by atoms with Crippen molar-refractivity contribution >= 4 is 46.0 Å². The van der Waals surface area contributed by atoms with Gasteiger partial charge in [0.1, 0.15) is 17.2 Å². The predicted octanol–water partition coefficient (Wildman–Crippen LogP) is 6.49. The van der Waals surface area contributed by atoms with Crippen molar-refractivity contribution in [3.05, 3.63) is 127 Å². The van der Waals surface area contributed by atoms with Gasteiger partial charge in [-0.2, -0.15) is 9.78 Å². The Labute approximate surface area is 248 Å². The fraction of sp³-hybridized carbons (Fsp3) is 0.100. The normalized spacial score (nSPS) is 11.0. The fourth-order valence-corrected chi connectivity index (χ4v) is 6.10. The number of halogens is 1. The van der Waals surface area contributed by atoms with E-state index in [0.717, 1.165) is 21.6 Å². The van der Waals surface area contributed by atoms with Crippen molar-refractivity contribution in [3.63, 3.8) is 0 Å². The van der Waals surface area contributed by atoms with Gasteiger partial charge in [-0.05, 0) is 41.8 Å². The quantitative estimate of drug-likeness (QED) is 0.204. The maximum atomic E-state index is 13.5. The second-order valence-corrected chi connectivity index (χ2v) is 11.6. The number of hydrogen-bond acceptors (Lipinski definition) is 8. The number of nitrogens with one attached hydrogen (secondary N) is 1. The lowest BCUT2D eigenvalue weighted by atomic mass is 10.0. The molecule has 6 aromatic rings. The van der Waals surface area contributed by atoms with Crippen LogP contribution in [0.15, 0.2) is 101 Å². The van der Waals surface area contributed by atoms with Gasteiger partial charge in [0, 0.05) is 46.9 Å². The molecule has 0 aliphatic heterocycles. The molecular weight excluding hydrogens is 576 g/mol. The van der Waals surface area contributed by atoms with Crippen molar-refractivity contribution in [2.24, 2.45) is 0 Å². The van der Waals surface area contributed by atoms with E-state index in [4.69, 9.17) is 16.7 Å². The summed E-state index contributed by atoms with van der Waals surface area (Å²) in [5.74, 6) is 0.113. The summed E-state index contributed by atoms with van der Waals surface area (Å²) in [6.45, 7) is 0.852. The number of aromatic nitrogens is 5. The summed E-state index contributed by atoms with van der Waals surface area (Å²) in [4.78, 5) is 36.3. The summed E-state index contributed by atoms with van der Waals surface area (Å²) in [5, 5.41) is 9.80. The van der Waals surface area contributed by atoms with Crippen LogP contribution in [-0.4, -0.2) is 30.2 Å². The molecule has 0 spiro atoms. The first-order chi connectivity index (χ1) is 20.1. The van der Waals surface area contributed by atoms with E-state index in [1.807, 2.05) is 60.7 Å². The SMILES string of the molecule is O=C(c1cscn1)n1nc(-c2c(-c3ccccc3)ccc(=O)n2CCc2cccnc2)cc1NCc1ccc(Cl)s1. The van der Waals surface area contributed by atoms with Crippen LogP contribution in [0, 0.1) is 0 Å². The Morgan fingerprint density at radius 3 is 2.63 bits per heavy atom. The van der Waals surface area contributed by atoms with Gasteiger partial charge in [0.15, 0.2) is 0 Å². The molecular formula is C30H23ClN6O2S2. The van der Waals surface area contributed by atoms with Gasteiger partial charge in [-0.25, -0.2) is 4.98 Å². The number of thiazole rings is 1. The number of anilines is 1. The molecule has 0 bridgehead atoms. The first kappa shape index (κ1) is 26.8. The lowest BCUT2D eigenvalue weighted by Gasteiger charge is -2.16. The van der Waals surface area contributed by atoms with Crippen LogP contribution in [0.1, 0.15) is 20.9 Å². The maximum Gasteiger partial charge on any atom is 0.299 e. The molecule has 0 aliphatic carbocycles. The smallest absolute Gasteiger partial charge is 0.299 e. The highest BCUT2D eigenvalue weighted by Crippen LogP contribution is 2.33. The number of carbonyl (C=O) groups excluding carboxylic acids is 1. The summed E-state index contributed by atoms with van der Waals surface area (Å²) in [5.41, 5.74) is 5.63. The molecule has 0 atom stereocenters. The van der Waals surface area contributed by atoms with Crippen LogP contribution in [0.4, 0.5) is 5.82 Å². The number of benzene rings is 1. The lowest BCUT2D eigenvalue weighted by molar-refractivity contribution is 0.0943. The zero-order valence-corrected chi connectivity index (χ0v) is 24.0. The number of aryl methyl sites for hydroxylation is 1. The third-order valence-electron chi connectivity index (χ3n) is 6.48. The minimum Gasteiger partial charge on any atom is -0.365 e.